The molecule has 2 heterocycles. The van der Waals surface area contributed by atoms with E-state index in [0.717, 1.165) is 32.7 Å². The van der Waals surface area contributed by atoms with Crippen LogP contribution >= 0.6 is 0 Å². The van der Waals surface area contributed by atoms with E-state index in [2.05, 4.69) is 36.1 Å². The van der Waals surface area contributed by atoms with Crippen molar-refractivity contribution in [2.45, 2.75) is 26.2 Å². The van der Waals surface area contributed by atoms with Crippen molar-refractivity contribution in [3.05, 3.63) is 36.4 Å². The smallest absolute Gasteiger partial charge is 0.529 e. The molecular formula is C16H22CsNO3. The third-order valence-corrected chi connectivity index (χ3v) is 3.75. The van der Waals surface area contributed by atoms with Crippen molar-refractivity contribution < 1.29 is 83.1 Å². The molecular weight excluding hydrogens is 387 g/mol. The summed E-state index contributed by atoms with van der Waals surface area (Å²) in [6, 6.07) is 8.55. The monoisotopic (exact) mass is 409 g/mol. The summed E-state index contributed by atoms with van der Waals surface area (Å²) in [5, 5.41) is 0. The first-order chi connectivity index (χ1) is 9.81. The van der Waals surface area contributed by atoms with Crippen LogP contribution in [0.5, 0.6) is 0 Å². The second kappa shape index (κ2) is 9.30. The van der Waals surface area contributed by atoms with Gasteiger partial charge in [0.25, 0.3) is 0 Å². The van der Waals surface area contributed by atoms with Gasteiger partial charge < -0.3 is 19.1 Å². The molecule has 1 aromatic carbocycles. The molecule has 2 fully saturated rings. The Balaban J connectivity index is 0.00000161. The van der Waals surface area contributed by atoms with Crippen molar-refractivity contribution in [2.75, 3.05) is 31.2 Å². The number of hydrogen-bond donors (Lipinski definition) is 0. The quantitative estimate of drug-likeness (QED) is 0.633. The molecule has 3 rings (SSSR count). The Morgan fingerprint density at radius 2 is 2.14 bits per heavy atom. The Bertz CT molecular complexity index is 437. The van der Waals surface area contributed by atoms with Gasteiger partial charge in [0, 0.05) is 18.8 Å². The maximum Gasteiger partial charge on any atom is 1.00 e. The van der Waals surface area contributed by atoms with Crippen LogP contribution in [0.15, 0.2) is 24.3 Å². The molecule has 1 aromatic rings. The van der Waals surface area contributed by atoms with Gasteiger partial charge in [-0.3, -0.25) is 0 Å². The fraction of sp³-hybridized carbons (Fsp3) is 0.562. The molecule has 5 heteroatoms. The van der Waals surface area contributed by atoms with Gasteiger partial charge in [0.1, 0.15) is 6.29 Å². The predicted octanol–water partition coefficient (Wildman–Crippen LogP) is -0.412. The number of morpholine rings is 1. The van der Waals surface area contributed by atoms with Gasteiger partial charge in [-0.25, -0.2) is 6.61 Å². The molecule has 2 aliphatic rings. The van der Waals surface area contributed by atoms with Crippen molar-refractivity contribution in [3.63, 3.8) is 0 Å². The van der Waals surface area contributed by atoms with Gasteiger partial charge in [-0.05, 0) is 24.1 Å². The Hall–Kier alpha value is 0.952. The summed E-state index contributed by atoms with van der Waals surface area (Å²) in [6.45, 7) is 8.15. The summed E-state index contributed by atoms with van der Waals surface area (Å²) >= 11 is 0. The maximum absolute atomic E-state index is 5.81. The van der Waals surface area contributed by atoms with Crippen LogP contribution in [-0.4, -0.2) is 32.6 Å². The van der Waals surface area contributed by atoms with Crippen molar-refractivity contribution in [2.24, 2.45) is 5.92 Å². The summed E-state index contributed by atoms with van der Waals surface area (Å²) in [7, 11) is 0. The average molecular weight is 409 g/mol. The Morgan fingerprint density at radius 1 is 1.33 bits per heavy atom. The molecule has 4 nitrogen and oxygen atoms in total. The molecule has 110 valence electrons. The SMILES string of the molecule is C[C@H]1[CH-]OC(OCc2cccc(N3CCOCC3)c2)C1.[Cs+]. The van der Waals surface area contributed by atoms with Crippen molar-refractivity contribution >= 4 is 5.69 Å². The van der Waals surface area contributed by atoms with E-state index in [-0.39, 0.29) is 75.2 Å². The molecule has 0 bridgehead atoms. The van der Waals surface area contributed by atoms with Crippen LogP contribution < -0.4 is 73.8 Å². The van der Waals surface area contributed by atoms with Crippen LogP contribution in [0.4, 0.5) is 5.69 Å². The van der Waals surface area contributed by atoms with Gasteiger partial charge in [0.15, 0.2) is 0 Å². The minimum atomic E-state index is -0.0861. The summed E-state index contributed by atoms with van der Waals surface area (Å²) in [5.41, 5.74) is 2.44. The second-order valence-corrected chi connectivity index (χ2v) is 5.50. The average Bonchev–Trinajstić information content (AvgIpc) is 2.92. The summed E-state index contributed by atoms with van der Waals surface area (Å²) in [4.78, 5) is 2.36. The fourth-order valence-electron chi connectivity index (χ4n) is 2.60. The van der Waals surface area contributed by atoms with Crippen LogP contribution in [0.1, 0.15) is 18.9 Å². The molecule has 0 amide bonds. The van der Waals surface area contributed by atoms with Gasteiger partial charge in [0.2, 0.25) is 0 Å². The Labute approximate surface area is 185 Å². The van der Waals surface area contributed by atoms with Crippen molar-refractivity contribution in [1.29, 1.82) is 0 Å². The number of hydrogen-bond acceptors (Lipinski definition) is 4. The van der Waals surface area contributed by atoms with Crippen molar-refractivity contribution in [3.8, 4) is 0 Å². The summed E-state index contributed by atoms with van der Waals surface area (Å²) in [5.74, 6) is 0.486. The third-order valence-electron chi connectivity index (χ3n) is 3.75. The number of rotatable bonds is 4. The van der Waals surface area contributed by atoms with Gasteiger partial charge in [-0.1, -0.05) is 19.1 Å². The van der Waals surface area contributed by atoms with Crippen LogP contribution in [0.3, 0.4) is 0 Å². The van der Waals surface area contributed by atoms with E-state index < -0.39 is 0 Å². The maximum atomic E-state index is 5.81. The van der Waals surface area contributed by atoms with Crippen molar-refractivity contribution in [1.82, 2.24) is 0 Å². The zero-order valence-corrected chi connectivity index (χ0v) is 19.2. The van der Waals surface area contributed by atoms with E-state index in [0.29, 0.717) is 12.5 Å². The molecule has 0 N–H and O–H groups in total. The molecule has 2 atom stereocenters. The van der Waals surface area contributed by atoms with E-state index in [1.165, 1.54) is 11.3 Å². The van der Waals surface area contributed by atoms with E-state index in [4.69, 9.17) is 14.2 Å². The summed E-state index contributed by atoms with van der Waals surface area (Å²) < 4.78 is 16.7. The number of ether oxygens (including phenoxy) is 3. The number of anilines is 1. The van der Waals surface area contributed by atoms with E-state index in [1.807, 2.05) is 6.61 Å². The molecule has 0 radical (unpaired) electrons. The zero-order valence-electron chi connectivity index (χ0n) is 13.0. The van der Waals surface area contributed by atoms with Crippen LogP contribution in [0.25, 0.3) is 0 Å². The molecule has 0 saturated carbocycles. The predicted molar refractivity (Wildman–Crippen MR) is 77.2 cm³/mol. The van der Waals surface area contributed by atoms with Gasteiger partial charge in [-0.2, -0.15) is 0 Å². The normalized spacial score (nSPS) is 25.7. The molecule has 21 heavy (non-hydrogen) atoms. The Morgan fingerprint density at radius 3 is 2.86 bits per heavy atom. The van der Waals surface area contributed by atoms with E-state index in [1.54, 1.807) is 0 Å². The minimum Gasteiger partial charge on any atom is -0.529 e. The van der Waals surface area contributed by atoms with E-state index in [9.17, 15) is 0 Å². The van der Waals surface area contributed by atoms with Gasteiger partial charge >= 0.3 is 68.9 Å². The Kier molecular flexibility index (Phi) is 8.10. The molecule has 0 spiro atoms. The molecule has 0 aliphatic carbocycles. The minimum absolute atomic E-state index is 0. The fourth-order valence-corrected chi connectivity index (χ4v) is 2.60. The zero-order chi connectivity index (χ0) is 13.8. The topological polar surface area (TPSA) is 30.9 Å². The largest absolute Gasteiger partial charge is 1.00 e. The van der Waals surface area contributed by atoms with Crippen LogP contribution in [0.2, 0.25) is 0 Å². The van der Waals surface area contributed by atoms with E-state index >= 15 is 0 Å². The number of benzene rings is 1. The molecule has 0 aromatic heterocycles. The van der Waals surface area contributed by atoms with Gasteiger partial charge in [0.05, 0.1) is 19.8 Å². The van der Waals surface area contributed by atoms with Crippen LogP contribution in [0, 0.1) is 12.5 Å². The number of nitrogens with zero attached hydrogens (tertiary/aromatic N) is 1. The second-order valence-electron chi connectivity index (χ2n) is 5.50. The first kappa shape index (κ1) is 18.3. The first-order valence-electron chi connectivity index (χ1n) is 7.33. The molecule has 2 aliphatic heterocycles. The summed E-state index contributed by atoms with van der Waals surface area (Å²) in [6.07, 6.45) is 0.862. The van der Waals surface area contributed by atoms with Gasteiger partial charge in [-0.15, -0.1) is 5.92 Å². The molecule has 1 unspecified atom stereocenters. The van der Waals surface area contributed by atoms with Crippen LogP contribution in [-0.2, 0) is 20.8 Å². The molecule has 2 saturated heterocycles. The third kappa shape index (κ3) is 5.51. The first-order valence-corrected chi connectivity index (χ1v) is 7.33. The standard InChI is InChI=1S/C16H22NO3.Cs/c1-13-9-16(19-11-13)20-12-14-3-2-4-15(10-14)17-5-7-18-8-6-17;/h2-4,10-11,13,16H,5-9,12H2,1H3;/q-1;+1/t13-,16?;/m1./s1.